The molecule has 1 unspecified atom stereocenters. The molecule has 29 heavy (non-hydrogen) atoms. The van der Waals surface area contributed by atoms with E-state index in [4.69, 9.17) is 4.74 Å². The summed E-state index contributed by atoms with van der Waals surface area (Å²) in [5.74, 6) is -0.454. The molecule has 4 rings (SSSR count). The number of esters is 1. The van der Waals surface area contributed by atoms with Gasteiger partial charge in [-0.1, -0.05) is 47.7 Å². The third kappa shape index (κ3) is 3.56. The number of rotatable bonds is 4. The Kier molecular flexibility index (Phi) is 5.22. The van der Waals surface area contributed by atoms with E-state index in [1.165, 1.54) is 11.3 Å². The van der Waals surface area contributed by atoms with Gasteiger partial charge in [-0.05, 0) is 37.1 Å². The van der Waals surface area contributed by atoms with Crippen molar-refractivity contribution in [3.63, 3.8) is 0 Å². The first-order valence-electron chi connectivity index (χ1n) is 9.24. The minimum Gasteiger partial charge on any atom is -0.463 e. The van der Waals surface area contributed by atoms with Crippen molar-refractivity contribution in [1.29, 1.82) is 0 Å². The average Bonchev–Trinajstić information content (AvgIpc) is 3.03. The zero-order valence-corrected chi connectivity index (χ0v) is 16.8. The molecule has 1 aliphatic heterocycles. The fourth-order valence-electron chi connectivity index (χ4n) is 3.35. The van der Waals surface area contributed by atoms with Gasteiger partial charge in [-0.25, -0.2) is 9.79 Å². The highest BCUT2D eigenvalue weighted by atomic mass is 32.1. The van der Waals surface area contributed by atoms with Gasteiger partial charge in [-0.2, -0.15) is 0 Å². The first kappa shape index (κ1) is 19.0. The van der Waals surface area contributed by atoms with Crippen LogP contribution in [0.1, 0.15) is 31.0 Å². The summed E-state index contributed by atoms with van der Waals surface area (Å²) >= 11 is 1.30. The van der Waals surface area contributed by atoms with Crippen molar-refractivity contribution in [3.8, 4) is 0 Å². The fraction of sp³-hybridized carbons (Fsp3) is 0.182. The molecule has 1 aromatic carbocycles. The summed E-state index contributed by atoms with van der Waals surface area (Å²) in [5, 5.41) is 0. The maximum atomic E-state index is 13.3. The molecule has 7 heteroatoms. The number of benzene rings is 1. The van der Waals surface area contributed by atoms with Gasteiger partial charge in [0.2, 0.25) is 0 Å². The number of ether oxygens (including phenoxy) is 1. The van der Waals surface area contributed by atoms with Crippen LogP contribution in [-0.4, -0.2) is 22.1 Å². The Labute approximate surface area is 171 Å². The zero-order valence-electron chi connectivity index (χ0n) is 16.0. The van der Waals surface area contributed by atoms with Crippen LogP contribution in [0.3, 0.4) is 0 Å². The molecule has 6 nitrogen and oxygen atoms in total. The molecule has 1 aliphatic rings. The molecule has 0 aliphatic carbocycles. The number of fused-ring (bicyclic) bond motifs is 1. The van der Waals surface area contributed by atoms with Crippen molar-refractivity contribution < 1.29 is 9.53 Å². The van der Waals surface area contributed by atoms with E-state index in [0.29, 0.717) is 20.6 Å². The molecule has 0 saturated carbocycles. The van der Waals surface area contributed by atoms with Crippen molar-refractivity contribution in [1.82, 2.24) is 9.55 Å². The number of thiazole rings is 1. The first-order valence-corrected chi connectivity index (χ1v) is 10.1. The highest BCUT2D eigenvalue weighted by Gasteiger charge is 2.33. The molecule has 0 saturated heterocycles. The summed E-state index contributed by atoms with van der Waals surface area (Å²) in [5.41, 5.74) is 2.42. The minimum absolute atomic E-state index is 0.194. The van der Waals surface area contributed by atoms with E-state index in [1.807, 2.05) is 42.5 Å². The van der Waals surface area contributed by atoms with Crippen LogP contribution in [-0.2, 0) is 9.53 Å². The van der Waals surface area contributed by atoms with Gasteiger partial charge >= 0.3 is 5.97 Å². The molecular weight excluding hydrogens is 386 g/mol. The van der Waals surface area contributed by atoms with Crippen LogP contribution in [0.4, 0.5) is 0 Å². The van der Waals surface area contributed by atoms with Gasteiger partial charge in [-0.15, -0.1) is 0 Å². The van der Waals surface area contributed by atoms with Gasteiger partial charge in [0.25, 0.3) is 5.56 Å². The molecule has 0 bridgehead atoms. The highest BCUT2D eigenvalue weighted by Crippen LogP contribution is 2.30. The molecule has 1 atom stereocenters. The Morgan fingerprint density at radius 2 is 2.03 bits per heavy atom. The van der Waals surface area contributed by atoms with Crippen molar-refractivity contribution >= 4 is 23.4 Å². The van der Waals surface area contributed by atoms with Crippen LogP contribution in [0.2, 0.25) is 0 Å². The molecular formula is C22H19N3O3S. The second kappa shape index (κ2) is 7.97. The molecule has 0 amide bonds. The Bertz CT molecular complexity index is 1260. The average molecular weight is 405 g/mol. The largest absolute Gasteiger partial charge is 0.463 e. The number of hydrogen-bond donors (Lipinski definition) is 0. The third-order valence-corrected chi connectivity index (χ3v) is 5.60. The fourth-order valence-corrected chi connectivity index (χ4v) is 4.40. The van der Waals surface area contributed by atoms with Gasteiger partial charge < -0.3 is 4.74 Å². The van der Waals surface area contributed by atoms with Crippen molar-refractivity contribution in [3.05, 3.63) is 96.9 Å². The number of hydrogen-bond acceptors (Lipinski definition) is 6. The van der Waals surface area contributed by atoms with Crippen molar-refractivity contribution in [2.45, 2.75) is 19.9 Å². The Balaban J connectivity index is 1.96. The second-order valence-electron chi connectivity index (χ2n) is 6.50. The highest BCUT2D eigenvalue weighted by molar-refractivity contribution is 7.07. The summed E-state index contributed by atoms with van der Waals surface area (Å²) in [6.45, 7) is 3.79. The third-order valence-electron chi connectivity index (χ3n) is 4.61. The summed E-state index contributed by atoms with van der Waals surface area (Å²) in [7, 11) is 0. The zero-order chi connectivity index (χ0) is 20.4. The van der Waals surface area contributed by atoms with Crippen molar-refractivity contribution in [2.75, 3.05) is 6.61 Å². The number of carbonyl (C=O) groups excluding carboxylic acids is 1. The van der Waals surface area contributed by atoms with Gasteiger partial charge in [-0.3, -0.25) is 14.3 Å². The van der Waals surface area contributed by atoms with E-state index in [9.17, 15) is 9.59 Å². The van der Waals surface area contributed by atoms with Gasteiger partial charge in [0.1, 0.15) is 0 Å². The monoisotopic (exact) mass is 405 g/mol. The normalized spacial score (nSPS) is 16.3. The lowest BCUT2D eigenvalue weighted by molar-refractivity contribution is -0.139. The summed E-state index contributed by atoms with van der Waals surface area (Å²) < 4.78 is 7.40. The van der Waals surface area contributed by atoms with Gasteiger partial charge in [0, 0.05) is 12.4 Å². The number of allylic oxidation sites excluding steroid dienone is 1. The maximum Gasteiger partial charge on any atom is 0.338 e. The molecule has 0 fully saturated rings. The van der Waals surface area contributed by atoms with E-state index in [2.05, 4.69) is 9.98 Å². The van der Waals surface area contributed by atoms with E-state index in [1.54, 1.807) is 36.9 Å². The van der Waals surface area contributed by atoms with Crippen LogP contribution < -0.4 is 14.9 Å². The molecule has 146 valence electrons. The van der Waals surface area contributed by atoms with E-state index in [0.717, 1.165) is 11.1 Å². The quantitative estimate of drug-likeness (QED) is 0.624. The number of aromatic nitrogens is 2. The van der Waals surface area contributed by atoms with Crippen LogP contribution >= 0.6 is 11.3 Å². The molecule has 0 spiro atoms. The standard InChI is InChI=1S/C22H19N3O3S/c1-3-28-21(27)18-14(2)24-22-25(19(18)16-9-5-4-6-10-16)20(26)17(29-22)12-15-8-7-11-23-13-15/h4-13,19H,3H2,1-2H3. The number of carbonyl (C=O) groups is 1. The predicted octanol–water partition coefficient (Wildman–Crippen LogP) is 2.19. The molecule has 3 aromatic rings. The Morgan fingerprint density at radius 1 is 1.24 bits per heavy atom. The molecule has 0 radical (unpaired) electrons. The summed E-state index contributed by atoms with van der Waals surface area (Å²) in [4.78, 5) is 35.3. The lowest BCUT2D eigenvalue weighted by Crippen LogP contribution is -2.39. The van der Waals surface area contributed by atoms with E-state index >= 15 is 0 Å². The number of pyridine rings is 1. The molecule has 2 aromatic heterocycles. The lowest BCUT2D eigenvalue weighted by atomic mass is 9.96. The van der Waals surface area contributed by atoms with Crippen LogP contribution in [0.25, 0.3) is 6.08 Å². The topological polar surface area (TPSA) is 73.6 Å². The lowest BCUT2D eigenvalue weighted by Gasteiger charge is -2.24. The predicted molar refractivity (Wildman–Crippen MR) is 111 cm³/mol. The van der Waals surface area contributed by atoms with Crippen LogP contribution in [0, 0.1) is 0 Å². The SMILES string of the molecule is CCOC(=O)C1=C(C)N=c2sc(=Cc3cccnc3)c(=O)n2C1c1ccccc1. The Hall–Kier alpha value is -3.32. The van der Waals surface area contributed by atoms with Gasteiger partial charge in [0.05, 0.1) is 28.5 Å². The van der Waals surface area contributed by atoms with Crippen LogP contribution in [0.5, 0.6) is 0 Å². The van der Waals surface area contributed by atoms with Crippen LogP contribution in [0.15, 0.2) is 75.9 Å². The molecule has 0 N–H and O–H groups in total. The summed E-state index contributed by atoms with van der Waals surface area (Å²) in [6.07, 6.45) is 5.17. The minimum atomic E-state index is -0.581. The van der Waals surface area contributed by atoms with Gasteiger partial charge in [0.15, 0.2) is 4.80 Å². The van der Waals surface area contributed by atoms with E-state index < -0.39 is 12.0 Å². The first-order chi connectivity index (χ1) is 14.1. The van der Waals surface area contributed by atoms with Crippen molar-refractivity contribution in [2.24, 2.45) is 4.99 Å². The molecule has 3 heterocycles. The summed E-state index contributed by atoms with van der Waals surface area (Å²) in [6, 6.07) is 12.6. The number of nitrogens with zero attached hydrogens (tertiary/aromatic N) is 3. The van der Waals surface area contributed by atoms with E-state index in [-0.39, 0.29) is 12.2 Å². The maximum absolute atomic E-state index is 13.3. The second-order valence-corrected chi connectivity index (χ2v) is 7.51. The Morgan fingerprint density at radius 3 is 2.72 bits per heavy atom. The smallest absolute Gasteiger partial charge is 0.338 e.